The summed E-state index contributed by atoms with van der Waals surface area (Å²) in [6, 6.07) is 15.5. The molecule has 0 aliphatic carbocycles. The lowest BCUT2D eigenvalue weighted by Crippen LogP contribution is -2.30. The predicted octanol–water partition coefficient (Wildman–Crippen LogP) is 4.28. The molecule has 5 heteroatoms. The molecular weight excluding hydrogens is 320 g/mol. The number of carbonyl (C=O) groups excluding carboxylic acids is 1. The normalized spacial score (nSPS) is 17.4. The second-order valence-electron chi connectivity index (χ2n) is 5.90. The molecule has 4 nitrogen and oxygen atoms in total. The molecule has 1 atom stereocenters. The second-order valence-corrected chi connectivity index (χ2v) is 6.97. The molecule has 0 radical (unpaired) electrons. The quantitative estimate of drug-likeness (QED) is 0.716. The molecule has 0 saturated carbocycles. The molecule has 2 heterocycles. The van der Waals surface area contributed by atoms with Crippen LogP contribution in [-0.4, -0.2) is 29.4 Å². The van der Waals surface area contributed by atoms with Crippen LogP contribution in [0, 0.1) is 0 Å². The van der Waals surface area contributed by atoms with Gasteiger partial charge < -0.3 is 9.64 Å². The Morgan fingerprint density at radius 2 is 2.00 bits per heavy atom. The van der Waals surface area contributed by atoms with Gasteiger partial charge in [0, 0.05) is 12.1 Å². The summed E-state index contributed by atoms with van der Waals surface area (Å²) in [4.78, 5) is 19.6. The molecule has 2 aromatic carbocycles. The number of aromatic nitrogens is 1. The van der Waals surface area contributed by atoms with E-state index in [1.807, 2.05) is 47.4 Å². The molecule has 0 bridgehead atoms. The van der Waals surface area contributed by atoms with Crippen molar-refractivity contribution in [1.29, 1.82) is 0 Å². The predicted molar refractivity (Wildman–Crippen MR) is 95.6 cm³/mol. The minimum absolute atomic E-state index is 0.0689. The topological polar surface area (TPSA) is 42.4 Å². The number of carbonyl (C=O) groups is 1. The molecule has 4 rings (SSSR count). The van der Waals surface area contributed by atoms with Gasteiger partial charge in [0.1, 0.15) is 10.8 Å². The Kier molecular flexibility index (Phi) is 3.94. The van der Waals surface area contributed by atoms with Gasteiger partial charge in [0.2, 0.25) is 0 Å². The first kappa shape index (κ1) is 15.1. The molecule has 0 spiro atoms. The van der Waals surface area contributed by atoms with E-state index in [2.05, 4.69) is 6.07 Å². The molecule has 1 fully saturated rings. The van der Waals surface area contributed by atoms with Crippen LogP contribution in [0.4, 0.5) is 0 Å². The standard InChI is InChI=1S/C19H18N2O2S/c1-23-14-10-8-13(9-11-14)19(22)21-12-4-6-16(21)18-20-15-5-2-3-7-17(15)24-18/h2-3,5,7-11,16H,4,6,12H2,1H3. The number of fused-ring (bicyclic) bond motifs is 1. The maximum absolute atomic E-state index is 12.9. The van der Waals surface area contributed by atoms with Crippen LogP contribution < -0.4 is 4.74 Å². The van der Waals surface area contributed by atoms with Crippen LogP contribution in [-0.2, 0) is 0 Å². The van der Waals surface area contributed by atoms with E-state index < -0.39 is 0 Å². The van der Waals surface area contributed by atoms with Gasteiger partial charge in [-0.15, -0.1) is 11.3 Å². The SMILES string of the molecule is COc1ccc(C(=O)N2CCCC2c2nc3ccccc3s2)cc1. The Bertz CT molecular complexity index is 839. The van der Waals surface area contributed by atoms with Crippen molar-refractivity contribution >= 4 is 27.5 Å². The number of para-hydroxylation sites is 1. The third kappa shape index (κ3) is 2.65. The lowest BCUT2D eigenvalue weighted by atomic mass is 10.1. The molecule has 1 amide bonds. The molecule has 3 aromatic rings. The molecule has 1 unspecified atom stereocenters. The fourth-order valence-electron chi connectivity index (χ4n) is 3.20. The number of rotatable bonds is 3. The van der Waals surface area contributed by atoms with Crippen molar-refractivity contribution in [2.24, 2.45) is 0 Å². The van der Waals surface area contributed by atoms with E-state index in [1.165, 1.54) is 4.70 Å². The third-order valence-electron chi connectivity index (χ3n) is 4.45. The Hall–Kier alpha value is -2.40. The smallest absolute Gasteiger partial charge is 0.254 e. The molecular formula is C19H18N2O2S. The largest absolute Gasteiger partial charge is 0.497 e. The zero-order valence-electron chi connectivity index (χ0n) is 13.4. The van der Waals surface area contributed by atoms with E-state index in [1.54, 1.807) is 18.4 Å². The molecule has 122 valence electrons. The van der Waals surface area contributed by atoms with Crippen molar-refractivity contribution in [2.75, 3.05) is 13.7 Å². The average Bonchev–Trinajstić information content (AvgIpc) is 3.27. The minimum atomic E-state index is 0.0689. The van der Waals surface area contributed by atoms with Gasteiger partial charge in [-0.2, -0.15) is 0 Å². The summed E-state index contributed by atoms with van der Waals surface area (Å²) in [7, 11) is 1.63. The van der Waals surface area contributed by atoms with E-state index in [0.717, 1.165) is 35.7 Å². The zero-order valence-corrected chi connectivity index (χ0v) is 14.3. The van der Waals surface area contributed by atoms with E-state index in [-0.39, 0.29) is 11.9 Å². The van der Waals surface area contributed by atoms with Gasteiger partial charge in [0.25, 0.3) is 5.91 Å². The van der Waals surface area contributed by atoms with Gasteiger partial charge in [-0.1, -0.05) is 12.1 Å². The van der Waals surface area contributed by atoms with Crippen LogP contribution in [0.15, 0.2) is 48.5 Å². The van der Waals surface area contributed by atoms with Crippen LogP contribution in [0.2, 0.25) is 0 Å². The van der Waals surface area contributed by atoms with Crippen LogP contribution in [0.5, 0.6) is 5.75 Å². The van der Waals surface area contributed by atoms with Crippen molar-refractivity contribution in [1.82, 2.24) is 9.88 Å². The number of benzene rings is 2. The highest BCUT2D eigenvalue weighted by molar-refractivity contribution is 7.18. The highest BCUT2D eigenvalue weighted by Crippen LogP contribution is 2.37. The Morgan fingerprint density at radius 1 is 1.21 bits per heavy atom. The monoisotopic (exact) mass is 338 g/mol. The number of thiazole rings is 1. The van der Waals surface area contributed by atoms with E-state index in [0.29, 0.717) is 5.56 Å². The van der Waals surface area contributed by atoms with Gasteiger partial charge in [0.15, 0.2) is 0 Å². The maximum atomic E-state index is 12.9. The third-order valence-corrected chi connectivity index (χ3v) is 5.58. The lowest BCUT2D eigenvalue weighted by molar-refractivity contribution is 0.0735. The molecule has 0 N–H and O–H groups in total. The fourth-order valence-corrected chi connectivity index (χ4v) is 4.31. The average molecular weight is 338 g/mol. The Morgan fingerprint density at radius 3 is 2.75 bits per heavy atom. The summed E-state index contributed by atoms with van der Waals surface area (Å²) in [5, 5.41) is 1.04. The fraction of sp³-hybridized carbons (Fsp3) is 0.263. The molecule has 1 aliphatic rings. The maximum Gasteiger partial charge on any atom is 0.254 e. The highest BCUT2D eigenvalue weighted by Gasteiger charge is 2.32. The van der Waals surface area contributed by atoms with Gasteiger partial charge in [-0.3, -0.25) is 4.79 Å². The summed E-state index contributed by atoms with van der Waals surface area (Å²) < 4.78 is 6.34. The molecule has 1 aliphatic heterocycles. The summed E-state index contributed by atoms with van der Waals surface area (Å²) in [6.45, 7) is 0.783. The number of nitrogens with zero attached hydrogens (tertiary/aromatic N) is 2. The number of amides is 1. The number of hydrogen-bond acceptors (Lipinski definition) is 4. The summed E-state index contributed by atoms with van der Waals surface area (Å²) >= 11 is 1.69. The molecule has 1 aromatic heterocycles. The first-order valence-electron chi connectivity index (χ1n) is 8.07. The van der Waals surface area contributed by atoms with Gasteiger partial charge in [-0.05, 0) is 49.2 Å². The molecule has 1 saturated heterocycles. The zero-order chi connectivity index (χ0) is 16.5. The van der Waals surface area contributed by atoms with Crippen molar-refractivity contribution in [3.8, 4) is 5.75 Å². The summed E-state index contributed by atoms with van der Waals surface area (Å²) in [5.41, 5.74) is 1.71. The van der Waals surface area contributed by atoms with Crippen LogP contribution in [0.3, 0.4) is 0 Å². The lowest BCUT2D eigenvalue weighted by Gasteiger charge is -2.23. The van der Waals surface area contributed by atoms with Crippen LogP contribution >= 0.6 is 11.3 Å². The number of ether oxygens (including phenoxy) is 1. The van der Waals surface area contributed by atoms with E-state index in [9.17, 15) is 4.79 Å². The van der Waals surface area contributed by atoms with Crippen molar-refractivity contribution in [3.63, 3.8) is 0 Å². The Balaban J connectivity index is 1.62. The van der Waals surface area contributed by atoms with Gasteiger partial charge >= 0.3 is 0 Å². The number of methoxy groups -OCH3 is 1. The first-order chi connectivity index (χ1) is 11.8. The van der Waals surface area contributed by atoms with Gasteiger partial charge in [0.05, 0.1) is 23.4 Å². The minimum Gasteiger partial charge on any atom is -0.497 e. The van der Waals surface area contributed by atoms with Crippen LogP contribution in [0.25, 0.3) is 10.2 Å². The Labute approximate surface area is 144 Å². The second kappa shape index (κ2) is 6.24. The summed E-state index contributed by atoms with van der Waals surface area (Å²) in [6.07, 6.45) is 1.99. The number of likely N-dealkylation sites (tertiary alicyclic amines) is 1. The van der Waals surface area contributed by atoms with Crippen molar-refractivity contribution in [3.05, 3.63) is 59.1 Å². The summed E-state index contributed by atoms with van der Waals surface area (Å²) in [5.74, 6) is 0.829. The van der Waals surface area contributed by atoms with Crippen molar-refractivity contribution in [2.45, 2.75) is 18.9 Å². The van der Waals surface area contributed by atoms with Gasteiger partial charge in [-0.25, -0.2) is 4.98 Å². The van der Waals surface area contributed by atoms with E-state index in [4.69, 9.17) is 9.72 Å². The highest BCUT2D eigenvalue weighted by atomic mass is 32.1. The van der Waals surface area contributed by atoms with Crippen molar-refractivity contribution < 1.29 is 9.53 Å². The first-order valence-corrected chi connectivity index (χ1v) is 8.88. The number of hydrogen-bond donors (Lipinski definition) is 0. The van der Waals surface area contributed by atoms with Crippen LogP contribution in [0.1, 0.15) is 34.2 Å². The van der Waals surface area contributed by atoms with E-state index >= 15 is 0 Å². The molecule has 24 heavy (non-hydrogen) atoms.